The normalized spacial score (nSPS) is 33.5. The van der Waals surface area contributed by atoms with E-state index < -0.39 is 73.5 Å². The van der Waals surface area contributed by atoms with Crippen LogP contribution in [0.5, 0.6) is 11.5 Å². The number of benzene rings is 1. The van der Waals surface area contributed by atoms with E-state index in [1.54, 1.807) is 0 Å². The maximum atomic E-state index is 12.4. The summed E-state index contributed by atoms with van der Waals surface area (Å²) in [5.74, 6) is -4.18. The number of rotatable bonds is 8. The molecule has 0 saturated carbocycles. The van der Waals surface area contributed by atoms with E-state index in [4.69, 9.17) is 23.7 Å². The van der Waals surface area contributed by atoms with Crippen molar-refractivity contribution in [1.82, 2.24) is 0 Å². The molecule has 1 fully saturated rings. The fourth-order valence-corrected chi connectivity index (χ4v) is 4.79. The number of aliphatic hydroxyl groups is 5. The van der Waals surface area contributed by atoms with Crippen molar-refractivity contribution >= 4 is 18.0 Å². The van der Waals surface area contributed by atoms with Gasteiger partial charge in [-0.3, -0.25) is 0 Å². The number of aliphatic hydroxyl groups excluding tert-OH is 5. The third-order valence-electron chi connectivity index (χ3n) is 6.88. The van der Waals surface area contributed by atoms with Gasteiger partial charge in [-0.1, -0.05) is 12.1 Å². The predicted octanol–water partition coefficient (Wildman–Crippen LogP) is -1.58. The van der Waals surface area contributed by atoms with Gasteiger partial charge in [0.1, 0.15) is 31.0 Å². The minimum absolute atomic E-state index is 0.0294. The van der Waals surface area contributed by atoms with Crippen LogP contribution in [0.15, 0.2) is 47.8 Å². The maximum absolute atomic E-state index is 12.4. The lowest BCUT2D eigenvalue weighted by atomic mass is 9.82. The van der Waals surface area contributed by atoms with Crippen LogP contribution in [-0.2, 0) is 33.3 Å². The molecule has 4 rings (SSSR count). The fourth-order valence-electron chi connectivity index (χ4n) is 4.79. The van der Waals surface area contributed by atoms with Crippen molar-refractivity contribution in [1.29, 1.82) is 0 Å². The Balaban J connectivity index is 1.51. The van der Waals surface area contributed by atoms with E-state index >= 15 is 0 Å². The minimum atomic E-state index is -1.74. The molecule has 2 aliphatic heterocycles. The van der Waals surface area contributed by atoms with E-state index in [2.05, 4.69) is 0 Å². The Morgan fingerprint density at radius 1 is 1.00 bits per heavy atom. The predicted molar refractivity (Wildman–Crippen MR) is 131 cm³/mol. The summed E-state index contributed by atoms with van der Waals surface area (Å²) in [6.45, 7) is -1.06. The van der Waals surface area contributed by atoms with E-state index in [-0.39, 0.29) is 23.7 Å². The number of hydrogen-bond acceptors (Lipinski definition) is 14. The molecule has 14 heteroatoms. The van der Waals surface area contributed by atoms with Gasteiger partial charge in [-0.2, -0.15) is 0 Å². The Morgan fingerprint density at radius 3 is 2.42 bits per heavy atom. The lowest BCUT2D eigenvalue weighted by Gasteiger charge is -2.43. The highest BCUT2D eigenvalue weighted by atomic mass is 16.8. The molecule has 40 heavy (non-hydrogen) atoms. The monoisotopic (exact) mass is 566 g/mol. The number of hydrogen-bond donors (Lipinski definition) is 7. The first-order valence-electron chi connectivity index (χ1n) is 12.2. The molecular weight excluding hydrogens is 536 g/mol. The second-order valence-electron chi connectivity index (χ2n) is 9.38. The molecule has 7 N–H and O–H groups in total. The molecule has 0 spiro atoms. The summed E-state index contributed by atoms with van der Waals surface area (Å²) in [6.07, 6.45) is -5.69. The molecule has 0 aromatic heterocycles. The molecule has 14 nitrogen and oxygen atoms in total. The highest BCUT2D eigenvalue weighted by Gasteiger charge is 2.52. The summed E-state index contributed by atoms with van der Waals surface area (Å²) in [6, 6.07) is 3.94. The highest BCUT2D eigenvalue weighted by Crippen LogP contribution is 2.45. The first-order chi connectivity index (χ1) is 19.0. The fraction of sp³-hybridized carbons (Fsp3) is 0.462. The van der Waals surface area contributed by atoms with Crippen LogP contribution in [0.3, 0.4) is 0 Å². The summed E-state index contributed by atoms with van der Waals surface area (Å²) in [5.41, 5.74) is 0.674. The molecule has 9 atom stereocenters. The third kappa shape index (κ3) is 5.97. The zero-order valence-electron chi connectivity index (χ0n) is 21.1. The van der Waals surface area contributed by atoms with Crippen molar-refractivity contribution in [3.8, 4) is 11.5 Å². The molecule has 2 heterocycles. The zero-order chi connectivity index (χ0) is 29.1. The van der Waals surface area contributed by atoms with Crippen LogP contribution in [0.1, 0.15) is 5.56 Å². The van der Waals surface area contributed by atoms with Crippen LogP contribution in [0.2, 0.25) is 0 Å². The van der Waals surface area contributed by atoms with Gasteiger partial charge >= 0.3 is 11.9 Å². The number of phenols is 2. The molecule has 1 saturated heterocycles. The second-order valence-corrected chi connectivity index (χ2v) is 9.38. The average Bonchev–Trinajstić information content (AvgIpc) is 3.28. The Hall–Kier alpha value is -3.50. The minimum Gasteiger partial charge on any atom is -0.504 e. The lowest BCUT2D eigenvalue weighted by Crippen LogP contribution is -2.60. The van der Waals surface area contributed by atoms with Gasteiger partial charge in [0, 0.05) is 12.0 Å². The van der Waals surface area contributed by atoms with Gasteiger partial charge in [0.2, 0.25) is 6.29 Å². The van der Waals surface area contributed by atoms with Crippen molar-refractivity contribution in [2.45, 2.75) is 43.1 Å². The van der Waals surface area contributed by atoms with Crippen molar-refractivity contribution in [3.05, 3.63) is 53.3 Å². The second kappa shape index (κ2) is 12.3. The highest BCUT2D eigenvalue weighted by molar-refractivity contribution is 5.89. The molecule has 1 aromatic carbocycles. The van der Waals surface area contributed by atoms with Gasteiger partial charge in [0.15, 0.2) is 17.8 Å². The SMILES string of the molecule is COC(=O)C1=CO[C@H](O[C@@H]2O[C@H](CO)[C@@H](O)[C@H](O)[C@H]2O)[C@H]2C(COC(=O)/C=C/c3ccc(O)c(O)c3)=C[C@@H](O)[C@@H]12. The number of phenolic OH excluding ortho intramolecular Hbond substituents is 2. The Bertz CT molecular complexity index is 1190. The lowest BCUT2D eigenvalue weighted by molar-refractivity contribution is -0.340. The summed E-state index contributed by atoms with van der Waals surface area (Å²) < 4.78 is 26.8. The average molecular weight is 567 g/mol. The van der Waals surface area contributed by atoms with Crippen LogP contribution >= 0.6 is 0 Å². The number of carbonyl (C=O) groups excluding carboxylic acids is 2. The van der Waals surface area contributed by atoms with E-state index in [0.717, 1.165) is 19.4 Å². The molecule has 0 radical (unpaired) electrons. The summed E-state index contributed by atoms with van der Waals surface area (Å²) in [7, 11) is 1.15. The molecule has 0 unspecified atom stereocenters. The Morgan fingerprint density at radius 2 is 1.75 bits per heavy atom. The molecular formula is C26H30O14. The van der Waals surface area contributed by atoms with E-state index in [0.29, 0.717) is 11.1 Å². The Labute approximate surface area is 227 Å². The van der Waals surface area contributed by atoms with Gasteiger partial charge < -0.3 is 59.4 Å². The quantitative estimate of drug-likeness (QED) is 0.0817. The Kier molecular flexibility index (Phi) is 9.10. The van der Waals surface area contributed by atoms with Crippen LogP contribution in [0.4, 0.5) is 0 Å². The van der Waals surface area contributed by atoms with Crippen molar-refractivity contribution in [2.24, 2.45) is 11.8 Å². The summed E-state index contributed by atoms with van der Waals surface area (Å²) in [5, 5.41) is 69.8. The maximum Gasteiger partial charge on any atom is 0.337 e. The van der Waals surface area contributed by atoms with Crippen molar-refractivity contribution < 1.29 is 69.0 Å². The third-order valence-corrected chi connectivity index (χ3v) is 6.88. The van der Waals surface area contributed by atoms with Crippen molar-refractivity contribution in [3.63, 3.8) is 0 Å². The number of methoxy groups -OCH3 is 1. The smallest absolute Gasteiger partial charge is 0.337 e. The van der Waals surface area contributed by atoms with Gasteiger partial charge in [-0.25, -0.2) is 9.59 Å². The van der Waals surface area contributed by atoms with Crippen molar-refractivity contribution in [2.75, 3.05) is 20.3 Å². The zero-order valence-corrected chi connectivity index (χ0v) is 21.1. The van der Waals surface area contributed by atoms with Gasteiger partial charge in [-0.15, -0.1) is 0 Å². The van der Waals surface area contributed by atoms with Crippen LogP contribution in [0.25, 0.3) is 6.08 Å². The molecule has 1 aromatic rings. The first-order valence-corrected chi connectivity index (χ1v) is 12.2. The number of esters is 2. The van der Waals surface area contributed by atoms with Crippen LogP contribution < -0.4 is 0 Å². The molecule has 0 bridgehead atoms. The molecule has 0 amide bonds. The van der Waals surface area contributed by atoms with E-state index in [1.165, 1.54) is 30.4 Å². The van der Waals surface area contributed by atoms with Crippen LogP contribution in [0, 0.1) is 11.8 Å². The molecule has 3 aliphatic rings. The van der Waals surface area contributed by atoms with E-state index in [9.17, 15) is 45.3 Å². The first kappa shape index (κ1) is 29.5. The summed E-state index contributed by atoms with van der Waals surface area (Å²) in [4.78, 5) is 24.8. The van der Waals surface area contributed by atoms with E-state index in [1.807, 2.05) is 0 Å². The largest absolute Gasteiger partial charge is 0.504 e. The standard InChI is InChI=1S/C26H30O14/c1-36-24(35)13-10-38-25(40-26-23(34)22(33)21(32)17(8-27)39-26)19-12(7-16(30)20(13)19)9-37-18(31)5-3-11-2-4-14(28)15(29)6-11/h2-7,10,16-17,19-23,25-30,32-34H,8-9H2,1H3/b5-3+/t16-,17-,19+,20-,21-,22+,23-,25-,26+/m1/s1. The number of fused-ring (bicyclic) bond motifs is 1. The molecule has 218 valence electrons. The van der Waals surface area contributed by atoms with Gasteiger partial charge in [0.25, 0.3) is 0 Å². The van der Waals surface area contributed by atoms with Gasteiger partial charge in [-0.05, 0) is 29.3 Å². The topological polar surface area (TPSA) is 222 Å². The summed E-state index contributed by atoms with van der Waals surface area (Å²) >= 11 is 0. The number of carbonyl (C=O) groups is 2. The molecule has 1 aliphatic carbocycles. The number of aromatic hydroxyl groups is 2. The number of ether oxygens (including phenoxy) is 5. The van der Waals surface area contributed by atoms with Gasteiger partial charge in [0.05, 0.1) is 37.6 Å². The van der Waals surface area contributed by atoms with Crippen LogP contribution in [-0.4, -0.2) is 111 Å².